The normalized spacial score (nSPS) is 22.9. The highest BCUT2D eigenvalue weighted by atomic mass is 35.5. The Hall–Kier alpha value is -5.25. The van der Waals surface area contributed by atoms with Gasteiger partial charge in [0.1, 0.15) is 24.0 Å². The zero-order valence-electron chi connectivity index (χ0n) is 31.8. The second-order valence-corrected chi connectivity index (χ2v) is 17.3. The van der Waals surface area contributed by atoms with Gasteiger partial charge in [-0.15, -0.1) is 0 Å². The van der Waals surface area contributed by atoms with E-state index in [2.05, 4.69) is 33.3 Å². The highest BCUT2D eigenvalue weighted by Gasteiger charge is 2.53. The fraction of sp³-hybridized carbons (Fsp3) is 0.455. The van der Waals surface area contributed by atoms with E-state index in [1.54, 1.807) is 30.3 Å². The molecule has 6 aliphatic rings. The average Bonchev–Trinajstić information content (AvgIpc) is 3.43. The Morgan fingerprint density at radius 2 is 1.58 bits per heavy atom. The largest absolute Gasteiger partial charge is 0.490 e. The van der Waals surface area contributed by atoms with E-state index >= 15 is 0 Å². The van der Waals surface area contributed by atoms with E-state index in [-0.39, 0.29) is 30.8 Å². The molecule has 13 heteroatoms. The minimum absolute atomic E-state index is 0.00513. The van der Waals surface area contributed by atoms with Crippen LogP contribution in [0.4, 0.5) is 5.69 Å². The van der Waals surface area contributed by atoms with Crippen molar-refractivity contribution in [1.82, 2.24) is 20.0 Å². The van der Waals surface area contributed by atoms with Gasteiger partial charge < -0.3 is 19.4 Å². The number of ether oxygens (including phenoxy) is 1. The number of imide groups is 2. The summed E-state index contributed by atoms with van der Waals surface area (Å²) in [4.78, 5) is 71.6. The fourth-order valence-corrected chi connectivity index (χ4v) is 10.3. The minimum atomic E-state index is -0.959. The molecule has 1 N–H and O–H groups in total. The lowest BCUT2D eigenvalue weighted by atomic mass is 9.57. The number of carbonyl (C=O) groups is 5. The van der Waals surface area contributed by atoms with Crippen molar-refractivity contribution in [2.24, 2.45) is 11.3 Å². The third-order valence-corrected chi connectivity index (χ3v) is 13.4. The number of nitrogens with zero attached hydrogens (tertiary/aromatic N) is 5. The summed E-state index contributed by atoms with van der Waals surface area (Å²) in [5.41, 5.74) is 4.32. The molecule has 3 aromatic rings. The first-order valence-electron chi connectivity index (χ1n) is 20.1. The number of hydrogen-bond donors (Lipinski definition) is 1. The number of likely N-dealkylation sites (tertiary alicyclic amines) is 2. The molecular formula is C44H45ClN6O6. The number of fused-ring (bicyclic) bond motifs is 1. The second kappa shape index (κ2) is 14.9. The van der Waals surface area contributed by atoms with Gasteiger partial charge in [0.2, 0.25) is 11.8 Å². The Morgan fingerprint density at radius 3 is 2.26 bits per heavy atom. The molecule has 57 heavy (non-hydrogen) atoms. The first kappa shape index (κ1) is 37.3. The van der Waals surface area contributed by atoms with Gasteiger partial charge in [-0.3, -0.25) is 34.2 Å². The zero-order valence-corrected chi connectivity index (χ0v) is 32.5. The molecule has 5 fully saturated rings. The van der Waals surface area contributed by atoms with Crippen LogP contribution < -0.4 is 15.0 Å². The smallest absolute Gasteiger partial charge is 0.262 e. The molecule has 5 amide bonds. The molecule has 0 bridgehead atoms. The summed E-state index contributed by atoms with van der Waals surface area (Å²) < 4.78 is 6.09. The van der Waals surface area contributed by atoms with Gasteiger partial charge in [-0.1, -0.05) is 23.7 Å². The summed E-state index contributed by atoms with van der Waals surface area (Å²) in [6.07, 6.45) is 6.32. The highest BCUT2D eigenvalue weighted by molar-refractivity contribution is 6.31. The number of nitriles is 1. The summed E-state index contributed by atoms with van der Waals surface area (Å²) in [5.74, 6) is -0.0528. The van der Waals surface area contributed by atoms with E-state index in [1.165, 1.54) is 18.4 Å². The number of piperidine rings is 3. The predicted molar refractivity (Wildman–Crippen MR) is 211 cm³/mol. The molecule has 1 aliphatic carbocycles. The predicted octanol–water partition coefficient (Wildman–Crippen LogP) is 5.39. The molecule has 1 unspecified atom stereocenters. The van der Waals surface area contributed by atoms with E-state index in [4.69, 9.17) is 21.6 Å². The number of nitrogens with one attached hydrogen (secondary N) is 1. The summed E-state index contributed by atoms with van der Waals surface area (Å²) >= 11 is 6.16. The maximum Gasteiger partial charge on any atom is 0.262 e. The minimum Gasteiger partial charge on any atom is -0.490 e. The Morgan fingerprint density at radius 1 is 0.860 bits per heavy atom. The molecule has 4 saturated heterocycles. The van der Waals surface area contributed by atoms with Gasteiger partial charge in [-0.05, 0) is 105 Å². The molecule has 12 nitrogen and oxygen atoms in total. The summed E-state index contributed by atoms with van der Waals surface area (Å²) in [5, 5.41) is 11.7. The monoisotopic (exact) mass is 788 g/mol. The van der Waals surface area contributed by atoms with Gasteiger partial charge in [-0.2, -0.15) is 5.26 Å². The van der Waals surface area contributed by atoms with E-state index in [0.717, 1.165) is 74.6 Å². The Balaban J connectivity index is 0.697. The van der Waals surface area contributed by atoms with Crippen LogP contribution in [-0.2, 0) is 9.59 Å². The highest BCUT2D eigenvalue weighted by Crippen LogP contribution is 2.53. The van der Waals surface area contributed by atoms with Crippen LogP contribution in [0.1, 0.15) is 99.5 Å². The van der Waals surface area contributed by atoms with Crippen LogP contribution in [0.3, 0.4) is 0 Å². The van der Waals surface area contributed by atoms with Crippen molar-refractivity contribution in [3.63, 3.8) is 0 Å². The van der Waals surface area contributed by atoms with Crippen molar-refractivity contribution in [2.75, 3.05) is 50.7 Å². The molecule has 5 aliphatic heterocycles. The molecule has 1 atom stereocenters. The number of hydrogen-bond acceptors (Lipinski definition) is 9. The first-order valence-corrected chi connectivity index (χ1v) is 20.5. The lowest BCUT2D eigenvalue weighted by molar-refractivity contribution is -0.136. The van der Waals surface area contributed by atoms with Crippen LogP contribution in [0, 0.1) is 22.7 Å². The van der Waals surface area contributed by atoms with Crippen molar-refractivity contribution < 1.29 is 28.7 Å². The topological polar surface area (TPSA) is 143 Å². The van der Waals surface area contributed by atoms with Crippen LogP contribution in [0.15, 0.2) is 60.7 Å². The van der Waals surface area contributed by atoms with Crippen molar-refractivity contribution in [3.05, 3.63) is 93.5 Å². The molecule has 294 valence electrons. The molecular weight excluding hydrogens is 744 g/mol. The van der Waals surface area contributed by atoms with Gasteiger partial charge in [0.25, 0.3) is 17.7 Å². The third-order valence-electron chi connectivity index (χ3n) is 13.1. The number of anilines is 1. The number of amides is 5. The van der Waals surface area contributed by atoms with Gasteiger partial charge in [0.05, 0.1) is 21.7 Å². The molecule has 0 aromatic heterocycles. The third kappa shape index (κ3) is 7.16. The summed E-state index contributed by atoms with van der Waals surface area (Å²) in [7, 11) is 0. The van der Waals surface area contributed by atoms with Gasteiger partial charge in [-0.25, -0.2) is 0 Å². The van der Waals surface area contributed by atoms with E-state index in [9.17, 15) is 24.0 Å². The van der Waals surface area contributed by atoms with E-state index in [0.29, 0.717) is 57.8 Å². The molecule has 1 saturated carbocycles. The van der Waals surface area contributed by atoms with Crippen LogP contribution in [0.25, 0.3) is 0 Å². The molecule has 0 radical (unpaired) electrons. The van der Waals surface area contributed by atoms with Crippen molar-refractivity contribution in [3.8, 4) is 11.8 Å². The lowest BCUT2D eigenvalue weighted by Gasteiger charge is -2.60. The molecule has 5 heterocycles. The van der Waals surface area contributed by atoms with Gasteiger partial charge in [0, 0.05) is 74.7 Å². The number of halogens is 1. The van der Waals surface area contributed by atoms with Crippen LogP contribution >= 0.6 is 11.6 Å². The van der Waals surface area contributed by atoms with Crippen LogP contribution in [0.5, 0.6) is 5.75 Å². The van der Waals surface area contributed by atoms with Gasteiger partial charge >= 0.3 is 0 Å². The molecule has 9 rings (SSSR count). The number of carbonyl (C=O) groups excluding carboxylic acids is 5. The van der Waals surface area contributed by atoms with Crippen LogP contribution in [-0.4, -0.2) is 102 Å². The number of benzene rings is 3. The van der Waals surface area contributed by atoms with E-state index in [1.807, 2.05) is 23.1 Å². The van der Waals surface area contributed by atoms with Crippen LogP contribution in [0.2, 0.25) is 5.02 Å². The maximum atomic E-state index is 13.3. The van der Waals surface area contributed by atoms with E-state index < -0.39 is 23.8 Å². The van der Waals surface area contributed by atoms with Crippen molar-refractivity contribution in [1.29, 1.82) is 5.26 Å². The zero-order chi connectivity index (χ0) is 39.4. The van der Waals surface area contributed by atoms with Gasteiger partial charge in [0.15, 0.2) is 0 Å². The quantitative estimate of drug-likeness (QED) is 0.297. The summed E-state index contributed by atoms with van der Waals surface area (Å²) in [6, 6.07) is 19.8. The lowest BCUT2D eigenvalue weighted by Crippen LogP contribution is -2.63. The Labute approximate surface area is 336 Å². The average molecular weight is 789 g/mol. The SMILES string of the molecule is N#Cc1ccc(OC2CCN(C(=O)c3ccc(C4CCN(CC5CC6(C5)CN(c5ccc7c(c5)C(=O)N(C5CCC(=O)NC5=O)C7=O)C6)CC4)cc3)CC2)cc1Cl. The van der Waals surface area contributed by atoms with Crippen molar-refractivity contribution >= 4 is 46.8 Å². The standard InChI is InChI=1S/C44H45ClN6O6/c45-37-20-34(7-5-31(37)23-46)57-33-13-17-49(18-14-33)41(54)30-3-1-28(2-4-30)29-11-15-48(16-12-29)24-27-21-44(22-27)25-50(26-44)32-6-8-35-36(19-32)43(56)51(42(35)55)38-9-10-39(52)47-40(38)53/h1-8,19-20,27,29,33,38H,9-18,21-22,24-26H2,(H,47,52,53). The first-order chi connectivity index (χ1) is 27.6. The summed E-state index contributed by atoms with van der Waals surface area (Å²) in [6.45, 7) is 6.39. The second-order valence-electron chi connectivity index (χ2n) is 16.9. The molecule has 1 spiro atoms. The number of rotatable bonds is 8. The molecule has 3 aromatic carbocycles. The fourth-order valence-electron chi connectivity index (χ4n) is 10.1. The maximum absolute atomic E-state index is 13.3. The Kier molecular flexibility index (Phi) is 9.77. The van der Waals surface area contributed by atoms with Crippen molar-refractivity contribution in [2.45, 2.75) is 69.4 Å². The Bertz CT molecular complexity index is 2170.